The van der Waals surface area contributed by atoms with Crippen LogP contribution in [0.3, 0.4) is 0 Å². The first-order chi connectivity index (χ1) is 9.19. The molecule has 1 aromatic rings. The minimum absolute atomic E-state index is 0.0419. The zero-order valence-corrected chi connectivity index (χ0v) is 11.6. The number of rotatable bonds is 4. The van der Waals surface area contributed by atoms with Crippen molar-refractivity contribution in [3.63, 3.8) is 0 Å². The van der Waals surface area contributed by atoms with E-state index in [-0.39, 0.29) is 11.9 Å². The number of piperidine rings is 1. The second-order valence-corrected chi connectivity index (χ2v) is 5.09. The third kappa shape index (κ3) is 3.96. The zero-order valence-electron chi connectivity index (χ0n) is 11.6. The first-order valence-corrected chi connectivity index (χ1v) is 6.96. The lowest BCUT2D eigenvalue weighted by molar-refractivity contribution is -0.119. The summed E-state index contributed by atoms with van der Waals surface area (Å²) < 4.78 is 5.42. The van der Waals surface area contributed by atoms with Crippen LogP contribution in [0.15, 0.2) is 24.3 Å². The van der Waals surface area contributed by atoms with E-state index < -0.39 is 0 Å². The van der Waals surface area contributed by atoms with E-state index in [4.69, 9.17) is 4.74 Å². The third-order valence-electron chi connectivity index (χ3n) is 3.40. The van der Waals surface area contributed by atoms with Crippen molar-refractivity contribution in [1.82, 2.24) is 5.32 Å². The van der Waals surface area contributed by atoms with Gasteiger partial charge in [-0.2, -0.15) is 0 Å². The summed E-state index contributed by atoms with van der Waals surface area (Å²) in [6.07, 6.45) is 2.04. The van der Waals surface area contributed by atoms with Gasteiger partial charge < -0.3 is 15.4 Å². The van der Waals surface area contributed by atoms with Gasteiger partial charge in [-0.25, -0.2) is 0 Å². The van der Waals surface area contributed by atoms with Gasteiger partial charge in [0.05, 0.1) is 12.6 Å². The molecule has 0 radical (unpaired) electrons. The Labute approximate surface area is 114 Å². The molecule has 1 heterocycles. The van der Waals surface area contributed by atoms with Crippen LogP contribution in [0.5, 0.6) is 5.75 Å². The summed E-state index contributed by atoms with van der Waals surface area (Å²) in [6, 6.07) is 7.43. The van der Waals surface area contributed by atoms with E-state index in [9.17, 15) is 4.79 Å². The molecule has 0 bridgehead atoms. The molecule has 104 valence electrons. The minimum atomic E-state index is -0.0838. The molecule has 2 atom stereocenters. The first kappa shape index (κ1) is 13.9. The fourth-order valence-electron chi connectivity index (χ4n) is 2.37. The van der Waals surface area contributed by atoms with Crippen molar-refractivity contribution in [2.24, 2.45) is 5.92 Å². The van der Waals surface area contributed by atoms with E-state index in [1.54, 1.807) is 0 Å². The Bertz CT molecular complexity index is 434. The van der Waals surface area contributed by atoms with Crippen LogP contribution in [0.1, 0.15) is 26.7 Å². The highest BCUT2D eigenvalue weighted by Gasteiger charge is 2.24. The molecule has 1 aromatic carbocycles. The number of carbonyl (C=O) groups is 1. The number of amides is 1. The molecule has 0 saturated carbocycles. The van der Waals surface area contributed by atoms with Crippen LogP contribution in [0.2, 0.25) is 0 Å². The molecule has 4 nitrogen and oxygen atoms in total. The summed E-state index contributed by atoms with van der Waals surface area (Å²) in [4.78, 5) is 12.2. The monoisotopic (exact) mass is 262 g/mol. The van der Waals surface area contributed by atoms with Crippen molar-refractivity contribution in [2.45, 2.75) is 32.7 Å². The molecule has 0 aromatic heterocycles. The average Bonchev–Trinajstić information content (AvgIpc) is 2.39. The number of hydrogen-bond donors (Lipinski definition) is 2. The van der Waals surface area contributed by atoms with Crippen molar-refractivity contribution in [3.05, 3.63) is 24.3 Å². The lowest BCUT2D eigenvalue weighted by Gasteiger charge is -2.27. The third-order valence-corrected chi connectivity index (χ3v) is 3.40. The normalized spacial score (nSPS) is 22.8. The number of hydrogen-bond acceptors (Lipinski definition) is 3. The largest absolute Gasteiger partial charge is 0.494 e. The number of ether oxygens (including phenoxy) is 1. The molecule has 1 aliphatic heterocycles. The topological polar surface area (TPSA) is 50.4 Å². The molecule has 1 amide bonds. The highest BCUT2D eigenvalue weighted by atomic mass is 16.5. The van der Waals surface area contributed by atoms with Gasteiger partial charge in [-0.15, -0.1) is 0 Å². The van der Waals surface area contributed by atoms with E-state index in [1.807, 2.05) is 31.2 Å². The summed E-state index contributed by atoms with van der Waals surface area (Å²) in [5.74, 6) is 1.43. The molecular weight excluding hydrogens is 240 g/mol. The molecule has 0 spiro atoms. The van der Waals surface area contributed by atoms with Crippen LogP contribution in [0.25, 0.3) is 0 Å². The number of carbonyl (C=O) groups excluding carboxylic acids is 1. The molecule has 1 aliphatic rings. The SMILES string of the molecule is CCOc1cccc(NC(=O)C2CC(C)CCN2)c1. The highest BCUT2D eigenvalue weighted by molar-refractivity contribution is 5.95. The summed E-state index contributed by atoms with van der Waals surface area (Å²) in [5, 5.41) is 6.22. The Hall–Kier alpha value is -1.55. The van der Waals surface area contributed by atoms with Gasteiger partial charge in [0.25, 0.3) is 0 Å². The van der Waals surface area contributed by atoms with Crippen LogP contribution in [-0.2, 0) is 4.79 Å². The maximum Gasteiger partial charge on any atom is 0.241 e. The van der Waals surface area contributed by atoms with Crippen molar-refractivity contribution in [3.8, 4) is 5.75 Å². The number of anilines is 1. The van der Waals surface area contributed by atoms with Gasteiger partial charge >= 0.3 is 0 Å². The zero-order chi connectivity index (χ0) is 13.7. The molecule has 19 heavy (non-hydrogen) atoms. The van der Waals surface area contributed by atoms with Gasteiger partial charge in [0.2, 0.25) is 5.91 Å². The van der Waals surface area contributed by atoms with Crippen molar-refractivity contribution in [1.29, 1.82) is 0 Å². The van der Waals surface area contributed by atoms with Gasteiger partial charge in [0.15, 0.2) is 0 Å². The predicted molar refractivity (Wildman–Crippen MR) is 76.4 cm³/mol. The van der Waals surface area contributed by atoms with Crippen LogP contribution >= 0.6 is 0 Å². The first-order valence-electron chi connectivity index (χ1n) is 6.96. The van der Waals surface area contributed by atoms with E-state index >= 15 is 0 Å². The Balaban J connectivity index is 1.96. The predicted octanol–water partition coefficient (Wildman–Crippen LogP) is 2.41. The van der Waals surface area contributed by atoms with Gasteiger partial charge in [-0.05, 0) is 44.4 Å². The Morgan fingerprint density at radius 3 is 3.11 bits per heavy atom. The molecule has 2 N–H and O–H groups in total. The van der Waals surface area contributed by atoms with Gasteiger partial charge in [-0.1, -0.05) is 13.0 Å². The number of benzene rings is 1. The summed E-state index contributed by atoms with van der Waals surface area (Å²) in [5.41, 5.74) is 0.788. The summed E-state index contributed by atoms with van der Waals surface area (Å²) in [7, 11) is 0. The minimum Gasteiger partial charge on any atom is -0.494 e. The van der Waals surface area contributed by atoms with Crippen LogP contribution in [-0.4, -0.2) is 25.1 Å². The Morgan fingerprint density at radius 1 is 1.53 bits per heavy atom. The Kier molecular flexibility index (Phi) is 4.80. The van der Waals surface area contributed by atoms with E-state index in [2.05, 4.69) is 17.6 Å². The molecule has 2 rings (SSSR count). The highest BCUT2D eigenvalue weighted by Crippen LogP contribution is 2.19. The number of nitrogens with one attached hydrogen (secondary N) is 2. The van der Waals surface area contributed by atoms with Crippen LogP contribution < -0.4 is 15.4 Å². The summed E-state index contributed by atoms with van der Waals surface area (Å²) >= 11 is 0. The second kappa shape index (κ2) is 6.57. The molecular formula is C15H22N2O2. The summed E-state index contributed by atoms with van der Waals surface area (Å²) in [6.45, 7) is 5.67. The molecule has 1 saturated heterocycles. The van der Waals surface area contributed by atoms with E-state index in [1.165, 1.54) is 0 Å². The van der Waals surface area contributed by atoms with Gasteiger partial charge in [-0.3, -0.25) is 4.79 Å². The van der Waals surface area contributed by atoms with Gasteiger partial charge in [0, 0.05) is 11.8 Å². The lowest BCUT2D eigenvalue weighted by Crippen LogP contribution is -2.45. The van der Waals surface area contributed by atoms with Crippen molar-refractivity contribution < 1.29 is 9.53 Å². The molecule has 0 aliphatic carbocycles. The van der Waals surface area contributed by atoms with Crippen LogP contribution in [0, 0.1) is 5.92 Å². The van der Waals surface area contributed by atoms with Crippen molar-refractivity contribution >= 4 is 11.6 Å². The quantitative estimate of drug-likeness (QED) is 0.876. The Morgan fingerprint density at radius 2 is 2.37 bits per heavy atom. The maximum absolute atomic E-state index is 12.2. The van der Waals surface area contributed by atoms with Crippen molar-refractivity contribution in [2.75, 3.05) is 18.5 Å². The fraction of sp³-hybridized carbons (Fsp3) is 0.533. The average molecular weight is 262 g/mol. The second-order valence-electron chi connectivity index (χ2n) is 5.09. The lowest BCUT2D eigenvalue weighted by atomic mass is 9.94. The fourth-order valence-corrected chi connectivity index (χ4v) is 2.37. The maximum atomic E-state index is 12.2. The standard InChI is InChI=1S/C15H22N2O2/c1-3-19-13-6-4-5-12(10-13)17-15(18)14-9-11(2)7-8-16-14/h4-6,10-11,14,16H,3,7-9H2,1-2H3,(H,17,18). The molecule has 4 heteroatoms. The smallest absolute Gasteiger partial charge is 0.241 e. The van der Waals surface area contributed by atoms with Crippen LogP contribution in [0.4, 0.5) is 5.69 Å². The van der Waals surface area contributed by atoms with Gasteiger partial charge in [0.1, 0.15) is 5.75 Å². The van der Waals surface area contributed by atoms with E-state index in [0.29, 0.717) is 12.5 Å². The molecule has 1 fully saturated rings. The molecule has 2 unspecified atom stereocenters. The van der Waals surface area contributed by atoms with E-state index in [0.717, 1.165) is 30.8 Å².